The lowest BCUT2D eigenvalue weighted by molar-refractivity contribution is 0.102. The zero-order chi connectivity index (χ0) is 26.6. The van der Waals surface area contributed by atoms with E-state index in [9.17, 15) is 4.79 Å². The average Bonchev–Trinajstić information content (AvgIpc) is 3.38. The maximum Gasteiger partial charge on any atom is 0.261 e. The van der Waals surface area contributed by atoms with Crippen LogP contribution in [0.4, 0.5) is 11.5 Å². The van der Waals surface area contributed by atoms with Crippen LogP contribution in [0.5, 0.6) is 17.2 Å². The van der Waals surface area contributed by atoms with Crippen LogP contribution in [0.3, 0.4) is 0 Å². The van der Waals surface area contributed by atoms with Crippen LogP contribution in [0, 0.1) is 6.92 Å². The van der Waals surface area contributed by atoms with Crippen LogP contribution < -0.4 is 24.8 Å². The molecule has 194 valence electrons. The highest BCUT2D eigenvalue weighted by Crippen LogP contribution is 2.41. The van der Waals surface area contributed by atoms with E-state index in [4.69, 9.17) is 14.2 Å². The summed E-state index contributed by atoms with van der Waals surface area (Å²) in [4.78, 5) is 13.4. The van der Waals surface area contributed by atoms with E-state index in [1.165, 1.54) is 0 Å². The topological polar surface area (TPSA) is 86.6 Å². The molecule has 0 aliphatic carbocycles. The van der Waals surface area contributed by atoms with Crippen molar-refractivity contribution in [1.82, 2.24) is 9.78 Å². The van der Waals surface area contributed by atoms with Crippen LogP contribution in [-0.2, 0) is 0 Å². The summed E-state index contributed by atoms with van der Waals surface area (Å²) in [5.74, 6) is 2.29. The number of aromatic nitrogens is 2. The van der Waals surface area contributed by atoms with Gasteiger partial charge < -0.3 is 24.8 Å². The van der Waals surface area contributed by atoms with Gasteiger partial charge in [-0.05, 0) is 55.8 Å². The van der Waals surface area contributed by atoms with Crippen molar-refractivity contribution in [2.24, 2.45) is 0 Å². The maximum absolute atomic E-state index is 13.4. The fraction of sp³-hybridized carbons (Fsp3) is 0.200. The highest BCUT2D eigenvalue weighted by molar-refractivity contribution is 6.08. The third-order valence-electron chi connectivity index (χ3n) is 6.42. The van der Waals surface area contributed by atoms with Gasteiger partial charge in [0.15, 0.2) is 11.5 Å². The van der Waals surface area contributed by atoms with E-state index in [0.717, 1.165) is 28.1 Å². The van der Waals surface area contributed by atoms with E-state index in [-0.39, 0.29) is 11.9 Å². The fourth-order valence-electron chi connectivity index (χ4n) is 4.53. The van der Waals surface area contributed by atoms with Crippen molar-refractivity contribution in [2.45, 2.75) is 19.9 Å². The molecular weight excluding hydrogens is 480 g/mol. The third-order valence-corrected chi connectivity index (χ3v) is 6.42. The predicted molar refractivity (Wildman–Crippen MR) is 148 cm³/mol. The Balaban J connectivity index is 1.55. The summed E-state index contributed by atoms with van der Waals surface area (Å²) in [6, 6.07) is 20.9. The molecule has 0 bridgehead atoms. The first-order valence-electron chi connectivity index (χ1n) is 12.4. The summed E-state index contributed by atoms with van der Waals surface area (Å²) >= 11 is 0. The molecule has 4 aromatic rings. The number of benzene rings is 3. The minimum absolute atomic E-state index is 0.274. The molecule has 3 aromatic carbocycles. The number of hydrogen-bond donors (Lipinski definition) is 2. The van der Waals surface area contributed by atoms with Gasteiger partial charge in [0.05, 0.1) is 27.0 Å². The highest BCUT2D eigenvalue weighted by Gasteiger charge is 2.30. The van der Waals surface area contributed by atoms with E-state index in [1.807, 2.05) is 49.4 Å². The molecule has 0 saturated heterocycles. The first-order chi connectivity index (χ1) is 18.5. The van der Waals surface area contributed by atoms with Crippen molar-refractivity contribution in [3.63, 3.8) is 0 Å². The largest absolute Gasteiger partial charge is 0.494 e. The Labute approximate surface area is 221 Å². The van der Waals surface area contributed by atoms with E-state index in [0.29, 0.717) is 35.2 Å². The SMILES string of the molecule is CCOc1ccc(NC(=O)c2cnn3c2NC(c2ccc(C)cc2)=CC3c2cccc(OC)c2OC)cc1. The van der Waals surface area contributed by atoms with Gasteiger partial charge in [-0.3, -0.25) is 4.79 Å². The molecule has 0 fully saturated rings. The zero-order valence-electron chi connectivity index (χ0n) is 21.8. The first kappa shape index (κ1) is 25.0. The van der Waals surface area contributed by atoms with Crippen molar-refractivity contribution in [3.8, 4) is 17.2 Å². The van der Waals surface area contributed by atoms with E-state index < -0.39 is 0 Å². The van der Waals surface area contributed by atoms with Gasteiger partial charge in [0, 0.05) is 16.9 Å². The van der Waals surface area contributed by atoms with Gasteiger partial charge in [0.2, 0.25) is 0 Å². The minimum atomic E-state index is -0.348. The number of methoxy groups -OCH3 is 2. The molecular formula is C30H30N4O4. The number of carbonyl (C=O) groups excluding carboxylic acids is 1. The molecule has 1 unspecified atom stereocenters. The molecule has 5 rings (SSSR count). The standard InChI is InChI=1S/C30H30N4O4/c1-5-38-22-15-13-21(14-16-22)32-30(35)24-18-31-34-26(23-7-6-8-27(36-3)28(23)37-4)17-25(33-29(24)34)20-11-9-19(2)10-12-20/h6-18,26,33H,5H2,1-4H3,(H,32,35). The smallest absolute Gasteiger partial charge is 0.261 e. The molecule has 0 saturated carbocycles. The number of amides is 1. The van der Waals surface area contributed by atoms with Crippen LogP contribution in [0.1, 0.15) is 40.0 Å². The Morgan fingerprint density at radius 2 is 1.79 bits per heavy atom. The highest BCUT2D eigenvalue weighted by atomic mass is 16.5. The van der Waals surface area contributed by atoms with Crippen molar-refractivity contribution < 1.29 is 19.0 Å². The van der Waals surface area contributed by atoms with Gasteiger partial charge in [-0.2, -0.15) is 5.10 Å². The van der Waals surface area contributed by atoms with Gasteiger partial charge >= 0.3 is 0 Å². The minimum Gasteiger partial charge on any atom is -0.494 e. The molecule has 38 heavy (non-hydrogen) atoms. The molecule has 1 atom stereocenters. The van der Waals surface area contributed by atoms with Crippen molar-refractivity contribution >= 4 is 23.1 Å². The van der Waals surface area contributed by atoms with Crippen molar-refractivity contribution in [3.05, 3.63) is 101 Å². The van der Waals surface area contributed by atoms with Gasteiger partial charge in [0.25, 0.3) is 5.91 Å². The summed E-state index contributed by atoms with van der Waals surface area (Å²) in [7, 11) is 3.23. The molecule has 8 heteroatoms. The number of ether oxygens (including phenoxy) is 3. The summed E-state index contributed by atoms with van der Waals surface area (Å²) in [6.07, 6.45) is 3.66. The number of carbonyl (C=O) groups is 1. The maximum atomic E-state index is 13.4. The second-order valence-corrected chi connectivity index (χ2v) is 8.86. The van der Waals surface area contributed by atoms with Crippen LogP contribution in [0.2, 0.25) is 0 Å². The Hall–Kier alpha value is -4.72. The van der Waals surface area contributed by atoms with Gasteiger partial charge in [-0.25, -0.2) is 4.68 Å². The van der Waals surface area contributed by atoms with Gasteiger partial charge in [-0.1, -0.05) is 42.0 Å². The van der Waals surface area contributed by atoms with Crippen LogP contribution in [0.25, 0.3) is 5.70 Å². The Morgan fingerprint density at radius 1 is 1.03 bits per heavy atom. The van der Waals surface area contributed by atoms with E-state index in [1.54, 1.807) is 25.1 Å². The fourth-order valence-corrected chi connectivity index (χ4v) is 4.53. The average molecular weight is 511 g/mol. The van der Waals surface area contributed by atoms with E-state index in [2.05, 4.69) is 53.0 Å². The monoisotopic (exact) mass is 510 g/mol. The van der Waals surface area contributed by atoms with Crippen LogP contribution in [0.15, 0.2) is 79.0 Å². The predicted octanol–water partition coefficient (Wildman–Crippen LogP) is 5.92. The Kier molecular flexibility index (Phi) is 7.04. The number of allylic oxidation sites excluding steroid dienone is 1. The quantitative estimate of drug-likeness (QED) is 0.306. The number of para-hydroxylation sites is 1. The van der Waals surface area contributed by atoms with Crippen LogP contribution >= 0.6 is 0 Å². The molecule has 2 heterocycles. The number of hydrogen-bond acceptors (Lipinski definition) is 6. The molecule has 1 aliphatic heterocycles. The number of fused-ring (bicyclic) bond motifs is 1. The lowest BCUT2D eigenvalue weighted by Crippen LogP contribution is -2.22. The molecule has 1 aliphatic rings. The summed E-state index contributed by atoms with van der Waals surface area (Å²) in [5.41, 5.74) is 4.96. The van der Waals surface area contributed by atoms with E-state index >= 15 is 0 Å². The van der Waals surface area contributed by atoms with Crippen molar-refractivity contribution in [1.29, 1.82) is 0 Å². The summed E-state index contributed by atoms with van der Waals surface area (Å²) < 4.78 is 18.6. The normalized spacial score (nSPS) is 14.1. The van der Waals surface area contributed by atoms with Crippen molar-refractivity contribution in [2.75, 3.05) is 31.5 Å². The molecule has 1 amide bonds. The third kappa shape index (κ3) is 4.80. The Bertz CT molecular complexity index is 1470. The number of aryl methyl sites for hydroxylation is 1. The molecule has 1 aromatic heterocycles. The zero-order valence-corrected chi connectivity index (χ0v) is 21.8. The number of anilines is 2. The lowest BCUT2D eigenvalue weighted by Gasteiger charge is -2.27. The lowest BCUT2D eigenvalue weighted by atomic mass is 9.99. The molecule has 0 radical (unpaired) electrons. The first-order valence-corrected chi connectivity index (χ1v) is 12.4. The number of nitrogens with zero attached hydrogens (tertiary/aromatic N) is 2. The molecule has 8 nitrogen and oxygen atoms in total. The molecule has 0 spiro atoms. The van der Waals surface area contributed by atoms with Gasteiger partial charge in [0.1, 0.15) is 23.2 Å². The number of nitrogens with one attached hydrogen (secondary N) is 2. The summed E-state index contributed by atoms with van der Waals surface area (Å²) in [5, 5.41) is 11.0. The second kappa shape index (κ2) is 10.7. The summed E-state index contributed by atoms with van der Waals surface area (Å²) in [6.45, 7) is 4.56. The number of rotatable bonds is 8. The molecule has 2 N–H and O–H groups in total. The van der Waals surface area contributed by atoms with Gasteiger partial charge in [-0.15, -0.1) is 0 Å². The van der Waals surface area contributed by atoms with Crippen LogP contribution in [-0.4, -0.2) is 36.5 Å². The second-order valence-electron chi connectivity index (χ2n) is 8.86. The Morgan fingerprint density at radius 3 is 2.47 bits per heavy atom.